The summed E-state index contributed by atoms with van der Waals surface area (Å²) in [6, 6.07) is 5.55. The molecule has 0 saturated carbocycles. The Morgan fingerprint density at radius 3 is 2.67 bits per heavy atom. The molecule has 1 rings (SSSR count). The zero-order valence-corrected chi connectivity index (χ0v) is 10.1. The number of carbonyl (C=O) groups is 1. The molecule has 0 aliphatic heterocycles. The molecule has 1 atom stereocenters. The Bertz CT molecular complexity index is 342. The molecule has 0 radical (unpaired) electrons. The Labute approximate surface area is 95.6 Å². The van der Waals surface area contributed by atoms with Crippen molar-refractivity contribution in [2.45, 2.75) is 33.2 Å². The van der Waals surface area contributed by atoms with Crippen molar-refractivity contribution in [1.29, 1.82) is 0 Å². The van der Waals surface area contributed by atoms with Gasteiger partial charge in [0.05, 0.1) is 0 Å². The first kappa shape index (κ1) is 12.1. The first-order valence-electron chi connectivity index (χ1n) is 5.11. The highest BCUT2D eigenvalue weighted by Gasteiger charge is 2.09. The maximum absolute atomic E-state index is 11.7. The molecule has 3 heteroatoms. The minimum Gasteiger partial charge on any atom is -0.350 e. The zero-order valence-electron chi connectivity index (χ0n) is 9.30. The third kappa shape index (κ3) is 3.56. The topological polar surface area (TPSA) is 29.1 Å². The van der Waals surface area contributed by atoms with Gasteiger partial charge in [-0.25, -0.2) is 0 Å². The number of halogens is 1. The second-order valence-corrected chi connectivity index (χ2v) is 4.24. The lowest BCUT2D eigenvalue weighted by molar-refractivity contribution is 0.0939. The van der Waals surface area contributed by atoms with Crippen molar-refractivity contribution < 1.29 is 4.79 Å². The lowest BCUT2D eigenvalue weighted by atomic mass is 10.1. The van der Waals surface area contributed by atoms with Crippen molar-refractivity contribution in [2.75, 3.05) is 0 Å². The Kier molecular flexibility index (Phi) is 4.15. The molecule has 1 unspecified atom stereocenters. The van der Waals surface area contributed by atoms with Crippen molar-refractivity contribution in [1.82, 2.24) is 5.32 Å². The molecule has 1 amide bonds. The summed E-state index contributed by atoms with van der Waals surface area (Å²) in [5.74, 6) is -0.0602. The molecule has 0 aromatic heterocycles. The quantitative estimate of drug-likeness (QED) is 0.841. The van der Waals surface area contributed by atoms with Gasteiger partial charge in [0, 0.05) is 16.6 Å². The highest BCUT2D eigenvalue weighted by atomic mass is 35.5. The van der Waals surface area contributed by atoms with Crippen LogP contribution in [0.3, 0.4) is 0 Å². The Morgan fingerprint density at radius 1 is 1.47 bits per heavy atom. The molecule has 0 spiro atoms. The molecule has 15 heavy (non-hydrogen) atoms. The van der Waals surface area contributed by atoms with Crippen LogP contribution in [0.4, 0.5) is 0 Å². The number of rotatable bonds is 3. The smallest absolute Gasteiger partial charge is 0.251 e. The van der Waals surface area contributed by atoms with E-state index in [4.69, 9.17) is 11.6 Å². The molecular weight excluding hydrogens is 210 g/mol. The minimum absolute atomic E-state index is 0.0602. The zero-order chi connectivity index (χ0) is 11.4. The molecule has 1 N–H and O–H groups in total. The van der Waals surface area contributed by atoms with Gasteiger partial charge >= 0.3 is 0 Å². The maximum Gasteiger partial charge on any atom is 0.251 e. The van der Waals surface area contributed by atoms with E-state index in [0.29, 0.717) is 10.6 Å². The number of hydrogen-bond donors (Lipinski definition) is 1. The van der Waals surface area contributed by atoms with Gasteiger partial charge in [-0.15, -0.1) is 0 Å². The van der Waals surface area contributed by atoms with Crippen molar-refractivity contribution >= 4 is 17.5 Å². The van der Waals surface area contributed by atoms with Crippen LogP contribution >= 0.6 is 11.6 Å². The summed E-state index contributed by atoms with van der Waals surface area (Å²) in [6.45, 7) is 5.94. The summed E-state index contributed by atoms with van der Waals surface area (Å²) in [6.07, 6.45) is 0.922. The fraction of sp³-hybridized carbons (Fsp3) is 0.417. The highest BCUT2D eigenvalue weighted by molar-refractivity contribution is 6.31. The molecule has 0 aliphatic rings. The second kappa shape index (κ2) is 5.17. The van der Waals surface area contributed by atoms with Gasteiger partial charge in [-0.1, -0.05) is 18.5 Å². The van der Waals surface area contributed by atoms with Gasteiger partial charge in [0.15, 0.2) is 0 Å². The average molecular weight is 226 g/mol. The van der Waals surface area contributed by atoms with E-state index in [1.807, 2.05) is 32.9 Å². The van der Waals surface area contributed by atoms with Gasteiger partial charge in [-0.3, -0.25) is 4.79 Å². The van der Waals surface area contributed by atoms with E-state index in [0.717, 1.165) is 12.0 Å². The number of benzene rings is 1. The lowest BCUT2D eigenvalue weighted by Crippen LogP contribution is -2.31. The van der Waals surface area contributed by atoms with Gasteiger partial charge < -0.3 is 5.32 Å². The SMILES string of the molecule is CCC(C)NC(=O)c1cc(C)cc(Cl)c1. The van der Waals surface area contributed by atoms with Gasteiger partial charge in [0.25, 0.3) is 5.91 Å². The summed E-state index contributed by atoms with van der Waals surface area (Å²) >= 11 is 5.88. The summed E-state index contributed by atoms with van der Waals surface area (Å²) in [5, 5.41) is 3.50. The van der Waals surface area contributed by atoms with Crippen LogP contribution in [-0.4, -0.2) is 11.9 Å². The summed E-state index contributed by atoms with van der Waals surface area (Å²) in [7, 11) is 0. The van der Waals surface area contributed by atoms with E-state index < -0.39 is 0 Å². The van der Waals surface area contributed by atoms with E-state index in [2.05, 4.69) is 5.32 Å². The van der Waals surface area contributed by atoms with Crippen LogP contribution in [0.5, 0.6) is 0 Å². The Balaban J connectivity index is 2.82. The van der Waals surface area contributed by atoms with Crippen molar-refractivity contribution in [3.8, 4) is 0 Å². The molecule has 2 nitrogen and oxygen atoms in total. The summed E-state index contributed by atoms with van der Waals surface area (Å²) < 4.78 is 0. The third-order valence-corrected chi connectivity index (χ3v) is 2.51. The van der Waals surface area contributed by atoms with Crippen LogP contribution in [0.25, 0.3) is 0 Å². The van der Waals surface area contributed by atoms with Crippen LogP contribution in [0, 0.1) is 6.92 Å². The fourth-order valence-electron chi connectivity index (χ4n) is 1.28. The van der Waals surface area contributed by atoms with Crippen LogP contribution in [0.1, 0.15) is 36.2 Å². The molecule has 0 bridgehead atoms. The second-order valence-electron chi connectivity index (χ2n) is 3.80. The van der Waals surface area contributed by atoms with E-state index >= 15 is 0 Å². The molecule has 82 valence electrons. The first-order chi connectivity index (χ1) is 7.02. The van der Waals surface area contributed by atoms with Gasteiger partial charge in [-0.2, -0.15) is 0 Å². The average Bonchev–Trinajstić information content (AvgIpc) is 2.16. The van der Waals surface area contributed by atoms with Gasteiger partial charge in [0.1, 0.15) is 0 Å². The molecule has 0 fully saturated rings. The van der Waals surface area contributed by atoms with E-state index in [1.54, 1.807) is 6.07 Å². The molecule has 0 heterocycles. The normalized spacial score (nSPS) is 12.3. The van der Waals surface area contributed by atoms with Crippen LogP contribution < -0.4 is 5.32 Å². The number of amides is 1. The Morgan fingerprint density at radius 2 is 2.13 bits per heavy atom. The molecular formula is C12H16ClNO. The molecule has 1 aromatic rings. The molecule has 1 aromatic carbocycles. The fourth-order valence-corrected chi connectivity index (χ4v) is 1.57. The van der Waals surface area contributed by atoms with Gasteiger partial charge in [0.2, 0.25) is 0 Å². The number of aryl methyl sites for hydroxylation is 1. The third-order valence-electron chi connectivity index (χ3n) is 2.29. The summed E-state index contributed by atoms with van der Waals surface area (Å²) in [4.78, 5) is 11.7. The standard InChI is InChI=1S/C12H16ClNO/c1-4-9(3)14-12(15)10-5-8(2)6-11(13)7-10/h5-7,9H,4H2,1-3H3,(H,14,15). The van der Waals surface area contributed by atoms with E-state index in [-0.39, 0.29) is 11.9 Å². The summed E-state index contributed by atoms with van der Waals surface area (Å²) in [5.41, 5.74) is 1.62. The Hall–Kier alpha value is -1.02. The van der Waals surface area contributed by atoms with Gasteiger partial charge in [-0.05, 0) is 44.0 Å². The monoisotopic (exact) mass is 225 g/mol. The number of hydrogen-bond acceptors (Lipinski definition) is 1. The van der Waals surface area contributed by atoms with Crippen LogP contribution in [0.15, 0.2) is 18.2 Å². The van der Waals surface area contributed by atoms with Crippen molar-refractivity contribution in [2.24, 2.45) is 0 Å². The lowest BCUT2D eigenvalue weighted by Gasteiger charge is -2.11. The van der Waals surface area contributed by atoms with Crippen molar-refractivity contribution in [3.05, 3.63) is 34.3 Å². The first-order valence-corrected chi connectivity index (χ1v) is 5.48. The highest BCUT2D eigenvalue weighted by Crippen LogP contribution is 2.14. The maximum atomic E-state index is 11.7. The largest absolute Gasteiger partial charge is 0.350 e. The van der Waals surface area contributed by atoms with Crippen molar-refractivity contribution in [3.63, 3.8) is 0 Å². The molecule has 0 saturated heterocycles. The van der Waals surface area contributed by atoms with Crippen LogP contribution in [0.2, 0.25) is 5.02 Å². The predicted molar refractivity (Wildman–Crippen MR) is 63.4 cm³/mol. The van der Waals surface area contributed by atoms with E-state index in [1.165, 1.54) is 0 Å². The number of nitrogens with one attached hydrogen (secondary N) is 1. The molecule has 0 aliphatic carbocycles. The predicted octanol–water partition coefficient (Wildman–Crippen LogP) is 3.18. The minimum atomic E-state index is -0.0602. The van der Waals surface area contributed by atoms with Crippen LogP contribution in [-0.2, 0) is 0 Å². The van der Waals surface area contributed by atoms with E-state index in [9.17, 15) is 4.79 Å². The number of carbonyl (C=O) groups excluding carboxylic acids is 1.